The second-order valence-corrected chi connectivity index (χ2v) is 5.65. The zero-order valence-electron chi connectivity index (χ0n) is 14.8. The molecule has 0 aliphatic heterocycles. The van der Waals surface area contributed by atoms with Gasteiger partial charge in [-0.2, -0.15) is 0 Å². The van der Waals surface area contributed by atoms with E-state index in [2.05, 4.69) is 12.2 Å². The summed E-state index contributed by atoms with van der Waals surface area (Å²) >= 11 is 0. The lowest BCUT2D eigenvalue weighted by Gasteiger charge is -2.07. The van der Waals surface area contributed by atoms with E-state index in [0.717, 1.165) is 12.2 Å². The van der Waals surface area contributed by atoms with Gasteiger partial charge in [-0.05, 0) is 30.2 Å². The lowest BCUT2D eigenvalue weighted by atomic mass is 10.2. The maximum atomic E-state index is 13.3. The number of ether oxygens (including phenoxy) is 1. The molecular formula is C20H26FNO2. The molecule has 0 aromatic heterocycles. The molecule has 2 rings (SSSR count). The normalized spacial score (nSPS) is 9.92. The predicted octanol–water partition coefficient (Wildman–Crippen LogP) is 4.36. The van der Waals surface area contributed by atoms with E-state index in [1.165, 1.54) is 11.6 Å². The molecule has 2 aromatic carbocycles. The second-order valence-electron chi connectivity index (χ2n) is 5.65. The zero-order valence-corrected chi connectivity index (χ0v) is 14.8. The van der Waals surface area contributed by atoms with Crippen LogP contribution in [0.5, 0.6) is 5.75 Å². The van der Waals surface area contributed by atoms with Crippen molar-refractivity contribution in [1.29, 1.82) is 0 Å². The summed E-state index contributed by atoms with van der Waals surface area (Å²) in [5.74, 6) is 0.758. The summed E-state index contributed by atoms with van der Waals surface area (Å²) in [6.45, 7) is 6.09. The quantitative estimate of drug-likeness (QED) is 0.884. The standard InChI is InChI=1S/C15H15FO.C5H11NO/c1-2-12-7-9-14(10-8-12)17-11-13-5-3-4-6-15(13)16;1-4(2)5(7)6-3/h3-10H,2,11H2,1H3;4H,1-3H3,(H,6,7). The maximum Gasteiger partial charge on any atom is 0.222 e. The summed E-state index contributed by atoms with van der Waals surface area (Å²) in [4.78, 5) is 10.4. The van der Waals surface area contributed by atoms with E-state index >= 15 is 0 Å². The Bertz CT molecular complexity index is 624. The van der Waals surface area contributed by atoms with Crippen molar-refractivity contribution in [1.82, 2.24) is 5.32 Å². The number of carbonyl (C=O) groups is 1. The van der Waals surface area contributed by atoms with E-state index in [0.29, 0.717) is 5.56 Å². The molecule has 2 aromatic rings. The van der Waals surface area contributed by atoms with Crippen molar-refractivity contribution in [2.45, 2.75) is 33.8 Å². The first-order valence-electron chi connectivity index (χ1n) is 8.14. The van der Waals surface area contributed by atoms with Gasteiger partial charge in [0.2, 0.25) is 5.91 Å². The van der Waals surface area contributed by atoms with Crippen LogP contribution in [0.15, 0.2) is 48.5 Å². The summed E-state index contributed by atoms with van der Waals surface area (Å²) in [6, 6.07) is 14.5. The minimum absolute atomic E-state index is 0.0972. The fourth-order valence-electron chi connectivity index (χ4n) is 1.89. The first-order valence-corrected chi connectivity index (χ1v) is 8.14. The number of benzene rings is 2. The lowest BCUT2D eigenvalue weighted by molar-refractivity contribution is -0.123. The van der Waals surface area contributed by atoms with Gasteiger partial charge < -0.3 is 10.1 Å². The van der Waals surface area contributed by atoms with Gasteiger partial charge in [0.05, 0.1) is 0 Å². The maximum absolute atomic E-state index is 13.3. The van der Waals surface area contributed by atoms with Crippen molar-refractivity contribution in [2.75, 3.05) is 7.05 Å². The molecule has 3 nitrogen and oxygen atoms in total. The van der Waals surface area contributed by atoms with Gasteiger partial charge in [-0.1, -0.05) is 51.1 Å². The molecule has 0 heterocycles. The fraction of sp³-hybridized carbons (Fsp3) is 0.350. The first-order chi connectivity index (χ1) is 11.5. The molecule has 1 N–H and O–H groups in total. The Balaban J connectivity index is 0.000000351. The molecule has 130 valence electrons. The average Bonchev–Trinajstić information content (AvgIpc) is 2.61. The number of hydrogen-bond donors (Lipinski definition) is 1. The number of halogens is 1. The molecule has 0 bridgehead atoms. The van der Waals surface area contributed by atoms with Crippen molar-refractivity contribution < 1.29 is 13.9 Å². The van der Waals surface area contributed by atoms with Gasteiger partial charge in [0, 0.05) is 18.5 Å². The monoisotopic (exact) mass is 331 g/mol. The SMILES string of the molecule is CCc1ccc(OCc2ccccc2F)cc1.CNC(=O)C(C)C. The van der Waals surface area contributed by atoms with Crippen LogP contribution >= 0.6 is 0 Å². The van der Waals surface area contributed by atoms with Crippen molar-refractivity contribution >= 4 is 5.91 Å². The number of aryl methyl sites for hydroxylation is 1. The summed E-state index contributed by atoms with van der Waals surface area (Å²) in [6.07, 6.45) is 1.01. The van der Waals surface area contributed by atoms with E-state index in [9.17, 15) is 9.18 Å². The van der Waals surface area contributed by atoms with Gasteiger partial charge in [0.25, 0.3) is 0 Å². The predicted molar refractivity (Wildman–Crippen MR) is 95.5 cm³/mol. The van der Waals surface area contributed by atoms with E-state index in [4.69, 9.17) is 4.74 Å². The van der Waals surface area contributed by atoms with E-state index < -0.39 is 0 Å². The fourth-order valence-corrected chi connectivity index (χ4v) is 1.89. The average molecular weight is 331 g/mol. The Kier molecular flexibility index (Phi) is 8.55. The minimum atomic E-state index is -0.224. The topological polar surface area (TPSA) is 38.3 Å². The molecule has 1 amide bonds. The summed E-state index contributed by atoms with van der Waals surface area (Å²) in [7, 11) is 1.64. The summed E-state index contributed by atoms with van der Waals surface area (Å²) < 4.78 is 18.9. The third kappa shape index (κ3) is 6.82. The third-order valence-corrected chi connectivity index (χ3v) is 3.45. The Morgan fingerprint density at radius 2 is 1.75 bits per heavy atom. The smallest absolute Gasteiger partial charge is 0.222 e. The highest BCUT2D eigenvalue weighted by molar-refractivity contribution is 5.77. The van der Waals surface area contributed by atoms with Crippen LogP contribution in [0.4, 0.5) is 4.39 Å². The molecule has 0 fully saturated rings. The van der Waals surface area contributed by atoms with E-state index in [-0.39, 0.29) is 24.2 Å². The van der Waals surface area contributed by atoms with Crippen LogP contribution in [-0.4, -0.2) is 13.0 Å². The van der Waals surface area contributed by atoms with Gasteiger partial charge in [0.1, 0.15) is 18.2 Å². The highest BCUT2D eigenvalue weighted by atomic mass is 19.1. The number of amides is 1. The second kappa shape index (κ2) is 10.4. The molecule has 0 aliphatic rings. The largest absolute Gasteiger partial charge is 0.489 e. The molecule has 0 spiro atoms. The van der Waals surface area contributed by atoms with Gasteiger partial charge in [0.15, 0.2) is 0 Å². The molecule has 0 saturated heterocycles. The zero-order chi connectivity index (χ0) is 17.9. The molecular weight excluding hydrogens is 305 g/mol. The number of nitrogens with one attached hydrogen (secondary N) is 1. The highest BCUT2D eigenvalue weighted by Crippen LogP contribution is 2.15. The molecule has 0 aliphatic carbocycles. The van der Waals surface area contributed by atoms with E-state index in [1.807, 2.05) is 44.2 Å². The van der Waals surface area contributed by atoms with Crippen LogP contribution in [0.2, 0.25) is 0 Å². The van der Waals surface area contributed by atoms with Crippen LogP contribution in [-0.2, 0) is 17.8 Å². The van der Waals surface area contributed by atoms with Crippen molar-refractivity contribution in [3.8, 4) is 5.75 Å². The van der Waals surface area contributed by atoms with Crippen LogP contribution in [0.3, 0.4) is 0 Å². The number of hydrogen-bond acceptors (Lipinski definition) is 2. The van der Waals surface area contributed by atoms with Gasteiger partial charge in [-0.3, -0.25) is 4.79 Å². The van der Waals surface area contributed by atoms with Crippen LogP contribution in [0.25, 0.3) is 0 Å². The van der Waals surface area contributed by atoms with Crippen LogP contribution < -0.4 is 10.1 Å². The van der Waals surface area contributed by atoms with Gasteiger partial charge >= 0.3 is 0 Å². The first kappa shape index (κ1) is 19.7. The minimum Gasteiger partial charge on any atom is -0.489 e. The highest BCUT2D eigenvalue weighted by Gasteiger charge is 2.01. The Morgan fingerprint density at radius 1 is 1.12 bits per heavy atom. The lowest BCUT2D eigenvalue weighted by Crippen LogP contribution is -2.22. The molecule has 24 heavy (non-hydrogen) atoms. The molecule has 0 radical (unpaired) electrons. The van der Waals surface area contributed by atoms with E-state index in [1.54, 1.807) is 19.2 Å². The Hall–Kier alpha value is -2.36. The van der Waals surface area contributed by atoms with Crippen molar-refractivity contribution in [2.24, 2.45) is 5.92 Å². The Morgan fingerprint density at radius 3 is 2.21 bits per heavy atom. The third-order valence-electron chi connectivity index (χ3n) is 3.45. The summed E-state index contributed by atoms with van der Waals surface area (Å²) in [5.41, 5.74) is 1.84. The number of carbonyl (C=O) groups excluding carboxylic acids is 1. The molecule has 0 unspecified atom stereocenters. The molecule has 0 saturated carbocycles. The molecule has 4 heteroatoms. The van der Waals surface area contributed by atoms with Crippen LogP contribution in [0.1, 0.15) is 31.9 Å². The molecule has 0 atom stereocenters. The number of rotatable bonds is 5. The van der Waals surface area contributed by atoms with Gasteiger partial charge in [-0.15, -0.1) is 0 Å². The van der Waals surface area contributed by atoms with Crippen molar-refractivity contribution in [3.63, 3.8) is 0 Å². The van der Waals surface area contributed by atoms with Gasteiger partial charge in [-0.25, -0.2) is 4.39 Å². The van der Waals surface area contributed by atoms with Crippen LogP contribution in [0, 0.1) is 11.7 Å². The van der Waals surface area contributed by atoms with Crippen molar-refractivity contribution in [3.05, 3.63) is 65.5 Å². The Labute approximate surface area is 143 Å². The summed E-state index contributed by atoms with van der Waals surface area (Å²) in [5, 5.41) is 2.53.